The minimum Gasteiger partial charge on any atom is -0.357 e. The summed E-state index contributed by atoms with van der Waals surface area (Å²) in [7, 11) is 1.98. The van der Waals surface area contributed by atoms with Gasteiger partial charge in [-0.2, -0.15) is 5.10 Å². The van der Waals surface area contributed by atoms with Crippen LogP contribution in [-0.4, -0.2) is 46.8 Å². The van der Waals surface area contributed by atoms with Crippen molar-refractivity contribution < 1.29 is 0 Å². The molecule has 1 atom stereocenters. The van der Waals surface area contributed by atoms with Crippen molar-refractivity contribution in [2.45, 2.75) is 25.7 Å². The number of hydrogen-bond donors (Lipinski definition) is 1. The zero-order valence-electron chi connectivity index (χ0n) is 17.2. The van der Waals surface area contributed by atoms with Crippen LogP contribution in [0.15, 0.2) is 59.9 Å². The molecule has 1 aromatic heterocycles. The maximum absolute atomic E-state index is 4.91. The Morgan fingerprint density at radius 3 is 2.79 bits per heavy atom. The molecule has 154 valence electrons. The lowest BCUT2D eigenvalue weighted by Gasteiger charge is -2.21. The molecule has 29 heavy (non-hydrogen) atoms. The third-order valence-electron chi connectivity index (χ3n) is 5.49. The molecule has 1 fully saturated rings. The van der Waals surface area contributed by atoms with Gasteiger partial charge in [-0.1, -0.05) is 42.5 Å². The van der Waals surface area contributed by atoms with Gasteiger partial charge in [0.2, 0.25) is 0 Å². The van der Waals surface area contributed by atoms with Crippen LogP contribution in [-0.2, 0) is 13.5 Å². The molecule has 0 spiro atoms. The predicted octanol–water partition coefficient (Wildman–Crippen LogP) is 4.19. The summed E-state index contributed by atoms with van der Waals surface area (Å²) < 4.78 is 1.89. The minimum absolute atomic E-state index is 0. The highest BCUT2D eigenvalue weighted by molar-refractivity contribution is 14.0. The number of hydrogen-bond acceptors (Lipinski definition) is 2. The Morgan fingerprint density at radius 1 is 1.21 bits per heavy atom. The van der Waals surface area contributed by atoms with Crippen LogP contribution < -0.4 is 5.32 Å². The number of aliphatic imine (C=N–C) groups is 1. The number of benzene rings is 2. The Labute approximate surface area is 190 Å². The van der Waals surface area contributed by atoms with Crippen molar-refractivity contribution >= 4 is 40.7 Å². The van der Waals surface area contributed by atoms with Crippen molar-refractivity contribution in [2.24, 2.45) is 12.0 Å². The van der Waals surface area contributed by atoms with Crippen LogP contribution in [0, 0.1) is 0 Å². The quantitative estimate of drug-likeness (QED) is 0.323. The largest absolute Gasteiger partial charge is 0.357 e. The number of guanidine groups is 1. The SMILES string of the molecule is CCNC(=NCCc1ccc2ccccc2c1)N1CCC(c2cnn(C)c2)C1.I. The molecule has 1 aliphatic rings. The van der Waals surface area contributed by atoms with Crippen LogP contribution in [0.1, 0.15) is 30.4 Å². The zero-order valence-corrected chi connectivity index (χ0v) is 19.5. The van der Waals surface area contributed by atoms with E-state index in [4.69, 9.17) is 4.99 Å². The van der Waals surface area contributed by atoms with Crippen LogP contribution in [0.2, 0.25) is 0 Å². The molecule has 5 nitrogen and oxygen atoms in total. The first-order valence-electron chi connectivity index (χ1n) is 10.2. The van der Waals surface area contributed by atoms with Gasteiger partial charge in [-0.15, -0.1) is 24.0 Å². The van der Waals surface area contributed by atoms with Crippen LogP contribution in [0.3, 0.4) is 0 Å². The number of aromatic nitrogens is 2. The lowest BCUT2D eigenvalue weighted by molar-refractivity contribution is 0.486. The van der Waals surface area contributed by atoms with Gasteiger partial charge in [-0.05, 0) is 41.7 Å². The fourth-order valence-corrected chi connectivity index (χ4v) is 3.99. The van der Waals surface area contributed by atoms with Crippen molar-refractivity contribution in [3.63, 3.8) is 0 Å². The number of rotatable bonds is 5. The highest BCUT2D eigenvalue weighted by atomic mass is 127. The first-order valence-corrected chi connectivity index (χ1v) is 10.2. The van der Waals surface area contributed by atoms with Crippen molar-refractivity contribution in [1.29, 1.82) is 0 Å². The summed E-state index contributed by atoms with van der Waals surface area (Å²) in [6.45, 7) is 5.87. The van der Waals surface area contributed by atoms with Gasteiger partial charge in [0, 0.05) is 45.3 Å². The van der Waals surface area contributed by atoms with Crippen molar-refractivity contribution in [3.8, 4) is 0 Å². The van der Waals surface area contributed by atoms with E-state index in [2.05, 4.69) is 70.9 Å². The molecule has 0 amide bonds. The maximum atomic E-state index is 4.91. The second-order valence-electron chi connectivity index (χ2n) is 7.55. The fraction of sp³-hybridized carbons (Fsp3) is 0.391. The van der Waals surface area contributed by atoms with Crippen LogP contribution in [0.5, 0.6) is 0 Å². The average molecular weight is 503 g/mol. The molecule has 1 aliphatic heterocycles. The number of nitrogens with one attached hydrogen (secondary N) is 1. The molecule has 6 heteroatoms. The second kappa shape index (κ2) is 10.1. The number of aryl methyl sites for hydroxylation is 1. The number of fused-ring (bicyclic) bond motifs is 1. The molecule has 0 aliphatic carbocycles. The van der Waals surface area contributed by atoms with E-state index in [1.165, 1.54) is 21.9 Å². The third kappa shape index (κ3) is 5.29. The maximum Gasteiger partial charge on any atom is 0.193 e. The lowest BCUT2D eigenvalue weighted by atomic mass is 10.0. The lowest BCUT2D eigenvalue weighted by Crippen LogP contribution is -2.40. The van der Waals surface area contributed by atoms with E-state index in [-0.39, 0.29) is 24.0 Å². The van der Waals surface area contributed by atoms with E-state index in [0.717, 1.165) is 45.0 Å². The van der Waals surface area contributed by atoms with Gasteiger partial charge in [0.1, 0.15) is 0 Å². The van der Waals surface area contributed by atoms with Gasteiger partial charge in [-0.3, -0.25) is 9.67 Å². The van der Waals surface area contributed by atoms with E-state index in [0.29, 0.717) is 5.92 Å². The first-order chi connectivity index (χ1) is 13.7. The molecular weight excluding hydrogens is 473 g/mol. The molecule has 1 unspecified atom stereocenters. The normalized spacial score (nSPS) is 16.8. The van der Waals surface area contributed by atoms with Gasteiger partial charge in [0.15, 0.2) is 5.96 Å². The molecule has 2 aromatic carbocycles. The highest BCUT2D eigenvalue weighted by Crippen LogP contribution is 2.26. The van der Waals surface area contributed by atoms with Gasteiger partial charge < -0.3 is 10.2 Å². The predicted molar refractivity (Wildman–Crippen MR) is 131 cm³/mol. The van der Waals surface area contributed by atoms with Crippen molar-refractivity contribution in [1.82, 2.24) is 20.0 Å². The van der Waals surface area contributed by atoms with Crippen LogP contribution in [0.25, 0.3) is 10.8 Å². The topological polar surface area (TPSA) is 45.5 Å². The molecule has 1 N–H and O–H groups in total. The summed E-state index contributed by atoms with van der Waals surface area (Å²) in [5, 5.41) is 10.4. The molecule has 4 rings (SSSR count). The van der Waals surface area contributed by atoms with E-state index < -0.39 is 0 Å². The third-order valence-corrected chi connectivity index (χ3v) is 5.49. The minimum atomic E-state index is 0. The summed E-state index contributed by atoms with van der Waals surface area (Å²) in [4.78, 5) is 7.31. The molecule has 0 saturated carbocycles. The standard InChI is InChI=1S/C23H29N5.HI/c1-3-24-23(28-13-11-21(17-28)22-15-26-27(2)16-22)25-12-10-18-8-9-19-6-4-5-7-20(19)14-18;/h4-9,14-16,21H,3,10-13,17H2,1-2H3,(H,24,25);1H. The Hall–Kier alpha value is -2.09. The Kier molecular flexibility index (Phi) is 7.52. The molecular formula is C23H30IN5. The Balaban J connectivity index is 0.00000240. The van der Waals surface area contributed by atoms with Crippen molar-refractivity contribution in [2.75, 3.05) is 26.2 Å². The Morgan fingerprint density at radius 2 is 2.03 bits per heavy atom. The van der Waals surface area contributed by atoms with Gasteiger partial charge in [-0.25, -0.2) is 0 Å². The highest BCUT2D eigenvalue weighted by Gasteiger charge is 2.26. The summed E-state index contributed by atoms with van der Waals surface area (Å²) >= 11 is 0. The van der Waals surface area contributed by atoms with E-state index in [1.54, 1.807) is 0 Å². The first kappa shape index (κ1) is 21.6. The van der Waals surface area contributed by atoms with Crippen LogP contribution >= 0.6 is 24.0 Å². The van der Waals surface area contributed by atoms with Gasteiger partial charge in [0.05, 0.1) is 6.20 Å². The summed E-state index contributed by atoms with van der Waals surface area (Å²) in [5.74, 6) is 1.58. The summed E-state index contributed by atoms with van der Waals surface area (Å²) in [6, 6.07) is 15.2. The number of nitrogens with zero attached hydrogens (tertiary/aromatic N) is 4. The molecule has 3 aromatic rings. The van der Waals surface area contributed by atoms with Gasteiger partial charge >= 0.3 is 0 Å². The average Bonchev–Trinajstić information content (AvgIpc) is 3.36. The zero-order chi connectivity index (χ0) is 19.3. The number of halogens is 1. The molecule has 2 heterocycles. The summed E-state index contributed by atoms with van der Waals surface area (Å²) in [6.07, 6.45) is 6.25. The number of likely N-dealkylation sites (tertiary alicyclic amines) is 1. The van der Waals surface area contributed by atoms with E-state index in [1.807, 2.05) is 17.9 Å². The summed E-state index contributed by atoms with van der Waals surface area (Å²) in [5.41, 5.74) is 2.67. The second-order valence-corrected chi connectivity index (χ2v) is 7.55. The van der Waals surface area contributed by atoms with E-state index >= 15 is 0 Å². The Bertz CT molecular complexity index is 965. The van der Waals surface area contributed by atoms with Crippen molar-refractivity contribution in [3.05, 3.63) is 66.0 Å². The molecule has 1 saturated heterocycles. The van der Waals surface area contributed by atoms with Gasteiger partial charge in [0.25, 0.3) is 0 Å². The monoisotopic (exact) mass is 503 g/mol. The smallest absolute Gasteiger partial charge is 0.193 e. The van der Waals surface area contributed by atoms with Crippen LogP contribution in [0.4, 0.5) is 0 Å². The molecule has 0 radical (unpaired) electrons. The fourth-order valence-electron chi connectivity index (χ4n) is 3.99. The van der Waals surface area contributed by atoms with E-state index in [9.17, 15) is 0 Å². The molecule has 0 bridgehead atoms.